The fourth-order valence-electron chi connectivity index (χ4n) is 1.92. The van der Waals surface area contributed by atoms with Gasteiger partial charge in [0.1, 0.15) is 0 Å². The van der Waals surface area contributed by atoms with Crippen LogP contribution in [0.1, 0.15) is 27.9 Å². The molecule has 0 aromatic heterocycles. The molecule has 0 aliphatic heterocycles. The number of benzene rings is 1. The Labute approximate surface area is 124 Å². The van der Waals surface area contributed by atoms with Crippen molar-refractivity contribution in [3.05, 3.63) is 28.8 Å². The van der Waals surface area contributed by atoms with Gasteiger partial charge in [0, 0.05) is 33.0 Å². The average Bonchev–Trinajstić information content (AvgIpc) is 2.42. The molecule has 0 fully saturated rings. The minimum Gasteiger partial charge on any atom is -0.478 e. The molecule has 0 heterocycles. The summed E-state index contributed by atoms with van der Waals surface area (Å²) >= 11 is 0. The van der Waals surface area contributed by atoms with E-state index in [1.807, 2.05) is 6.92 Å². The molecular formula is C15H22N2O4. The van der Waals surface area contributed by atoms with Crippen LogP contribution >= 0.6 is 0 Å². The summed E-state index contributed by atoms with van der Waals surface area (Å²) in [5.41, 5.74) is 2.22. The van der Waals surface area contributed by atoms with E-state index in [1.165, 1.54) is 11.0 Å². The minimum atomic E-state index is -1.000. The quantitative estimate of drug-likeness (QED) is 0.790. The summed E-state index contributed by atoms with van der Waals surface area (Å²) in [5, 5.41) is 11.9. The predicted octanol–water partition coefficient (Wildman–Crippen LogP) is 2.50. The maximum atomic E-state index is 12.0. The highest BCUT2D eigenvalue weighted by Gasteiger charge is 2.13. The predicted molar refractivity (Wildman–Crippen MR) is 81.0 cm³/mol. The number of hydrogen-bond acceptors (Lipinski definition) is 3. The Kier molecular flexibility index (Phi) is 6.17. The number of urea groups is 1. The van der Waals surface area contributed by atoms with Gasteiger partial charge in [0.25, 0.3) is 0 Å². The van der Waals surface area contributed by atoms with Gasteiger partial charge in [-0.15, -0.1) is 0 Å². The number of aromatic carboxylic acids is 1. The average molecular weight is 294 g/mol. The van der Waals surface area contributed by atoms with Crippen molar-refractivity contribution in [3.63, 3.8) is 0 Å². The van der Waals surface area contributed by atoms with Crippen molar-refractivity contribution < 1.29 is 19.4 Å². The lowest BCUT2D eigenvalue weighted by Gasteiger charge is -2.18. The summed E-state index contributed by atoms with van der Waals surface area (Å²) in [7, 11) is 3.30. The van der Waals surface area contributed by atoms with E-state index >= 15 is 0 Å². The second kappa shape index (κ2) is 7.64. The van der Waals surface area contributed by atoms with E-state index in [9.17, 15) is 9.59 Å². The highest BCUT2D eigenvalue weighted by molar-refractivity contribution is 5.94. The van der Waals surface area contributed by atoms with Crippen LogP contribution in [0.3, 0.4) is 0 Å². The third-order valence-corrected chi connectivity index (χ3v) is 3.34. The first-order valence-electron chi connectivity index (χ1n) is 6.72. The van der Waals surface area contributed by atoms with Crippen molar-refractivity contribution in [3.8, 4) is 0 Å². The fraction of sp³-hybridized carbons (Fsp3) is 0.467. The number of carbonyl (C=O) groups is 2. The molecule has 0 bridgehead atoms. The number of hydrogen-bond donors (Lipinski definition) is 2. The van der Waals surface area contributed by atoms with Crippen LogP contribution in [0.15, 0.2) is 12.1 Å². The molecule has 6 heteroatoms. The summed E-state index contributed by atoms with van der Waals surface area (Å²) in [6.07, 6.45) is 0.744. The second-order valence-electron chi connectivity index (χ2n) is 4.97. The molecule has 0 radical (unpaired) electrons. The Morgan fingerprint density at radius 2 is 2.00 bits per heavy atom. The van der Waals surface area contributed by atoms with Crippen molar-refractivity contribution in [2.45, 2.75) is 20.3 Å². The number of nitrogens with zero attached hydrogens (tertiary/aromatic N) is 1. The van der Waals surface area contributed by atoms with Gasteiger partial charge in [0.05, 0.1) is 5.56 Å². The summed E-state index contributed by atoms with van der Waals surface area (Å²) in [6.45, 7) is 4.72. The van der Waals surface area contributed by atoms with E-state index in [-0.39, 0.29) is 11.6 Å². The largest absolute Gasteiger partial charge is 0.478 e. The molecule has 21 heavy (non-hydrogen) atoms. The smallest absolute Gasteiger partial charge is 0.336 e. The molecule has 0 unspecified atom stereocenters. The number of anilines is 1. The first-order valence-corrected chi connectivity index (χ1v) is 6.72. The Morgan fingerprint density at radius 3 is 2.57 bits per heavy atom. The van der Waals surface area contributed by atoms with E-state index in [0.29, 0.717) is 24.4 Å². The van der Waals surface area contributed by atoms with Gasteiger partial charge in [0.2, 0.25) is 0 Å². The molecule has 2 amide bonds. The number of carbonyl (C=O) groups excluding carboxylic acids is 1. The number of amides is 2. The van der Waals surface area contributed by atoms with Gasteiger partial charge in [0.15, 0.2) is 0 Å². The third kappa shape index (κ3) is 4.75. The molecule has 0 aliphatic carbocycles. The SMILES string of the molecule is COCCCN(C)C(=O)Nc1cc(C)c(C)c(C(=O)O)c1. The maximum Gasteiger partial charge on any atom is 0.336 e. The number of nitrogens with one attached hydrogen (secondary N) is 1. The fourth-order valence-corrected chi connectivity index (χ4v) is 1.92. The zero-order valence-corrected chi connectivity index (χ0v) is 12.9. The maximum absolute atomic E-state index is 12.0. The highest BCUT2D eigenvalue weighted by atomic mass is 16.5. The zero-order chi connectivity index (χ0) is 16.0. The van der Waals surface area contributed by atoms with Gasteiger partial charge in [-0.05, 0) is 43.5 Å². The van der Waals surface area contributed by atoms with Gasteiger partial charge < -0.3 is 20.1 Å². The number of ether oxygens (including phenoxy) is 1. The summed E-state index contributed by atoms with van der Waals surface area (Å²) in [5.74, 6) is -1.000. The summed E-state index contributed by atoms with van der Waals surface area (Å²) in [4.78, 5) is 24.7. The number of methoxy groups -OCH3 is 1. The van der Waals surface area contributed by atoms with Crippen LogP contribution in [0.4, 0.5) is 10.5 Å². The van der Waals surface area contributed by atoms with Crippen LogP contribution < -0.4 is 5.32 Å². The Hall–Kier alpha value is -2.08. The van der Waals surface area contributed by atoms with Gasteiger partial charge in [-0.1, -0.05) is 0 Å². The highest BCUT2D eigenvalue weighted by Crippen LogP contribution is 2.20. The van der Waals surface area contributed by atoms with Crippen LogP contribution in [-0.4, -0.2) is 49.3 Å². The number of aryl methyl sites for hydroxylation is 1. The lowest BCUT2D eigenvalue weighted by Crippen LogP contribution is -2.32. The van der Waals surface area contributed by atoms with Gasteiger partial charge in [-0.3, -0.25) is 0 Å². The number of rotatable bonds is 6. The van der Waals surface area contributed by atoms with Crippen LogP contribution in [0.25, 0.3) is 0 Å². The van der Waals surface area contributed by atoms with Crippen molar-refractivity contribution in [1.29, 1.82) is 0 Å². The molecule has 0 spiro atoms. The van der Waals surface area contributed by atoms with Crippen LogP contribution in [0.2, 0.25) is 0 Å². The molecule has 0 saturated heterocycles. The molecule has 0 aliphatic rings. The van der Waals surface area contributed by atoms with E-state index in [0.717, 1.165) is 12.0 Å². The number of carboxylic acid groups (broad SMARTS) is 1. The van der Waals surface area contributed by atoms with Gasteiger partial charge >= 0.3 is 12.0 Å². The molecule has 0 saturated carbocycles. The second-order valence-corrected chi connectivity index (χ2v) is 4.97. The van der Waals surface area contributed by atoms with Crippen LogP contribution in [0, 0.1) is 13.8 Å². The molecule has 1 aromatic rings. The van der Waals surface area contributed by atoms with E-state index in [2.05, 4.69) is 5.32 Å². The molecule has 1 rings (SSSR count). The topological polar surface area (TPSA) is 78.9 Å². The monoisotopic (exact) mass is 294 g/mol. The lowest BCUT2D eigenvalue weighted by molar-refractivity contribution is 0.0696. The van der Waals surface area contributed by atoms with Crippen molar-refractivity contribution in [2.75, 3.05) is 32.6 Å². The normalized spacial score (nSPS) is 10.3. The van der Waals surface area contributed by atoms with E-state index < -0.39 is 5.97 Å². The number of carboxylic acids is 1. The minimum absolute atomic E-state index is 0.201. The van der Waals surface area contributed by atoms with Crippen molar-refractivity contribution >= 4 is 17.7 Å². The molecule has 116 valence electrons. The molecular weight excluding hydrogens is 272 g/mol. The summed E-state index contributed by atoms with van der Waals surface area (Å²) in [6, 6.07) is 2.97. The van der Waals surface area contributed by atoms with Crippen LogP contribution in [-0.2, 0) is 4.74 Å². The Balaban J connectivity index is 2.78. The lowest BCUT2D eigenvalue weighted by atomic mass is 10.0. The van der Waals surface area contributed by atoms with Gasteiger partial charge in [-0.25, -0.2) is 9.59 Å². The van der Waals surface area contributed by atoms with Gasteiger partial charge in [-0.2, -0.15) is 0 Å². The summed E-state index contributed by atoms with van der Waals surface area (Å²) < 4.78 is 4.94. The third-order valence-electron chi connectivity index (χ3n) is 3.34. The standard InChI is InChI=1S/C15H22N2O4/c1-10-8-12(9-13(11(10)2)14(18)19)16-15(20)17(3)6-5-7-21-4/h8-9H,5-7H2,1-4H3,(H,16,20)(H,18,19). The molecule has 6 nitrogen and oxygen atoms in total. The van der Waals surface area contributed by atoms with Crippen LogP contribution in [0.5, 0.6) is 0 Å². The Bertz CT molecular complexity index is 529. The zero-order valence-electron chi connectivity index (χ0n) is 12.9. The van der Waals surface area contributed by atoms with Crippen molar-refractivity contribution in [2.24, 2.45) is 0 Å². The Morgan fingerprint density at radius 1 is 1.33 bits per heavy atom. The van der Waals surface area contributed by atoms with Crippen molar-refractivity contribution in [1.82, 2.24) is 4.90 Å². The molecule has 1 aromatic carbocycles. The molecule has 0 atom stereocenters. The van der Waals surface area contributed by atoms with E-state index in [1.54, 1.807) is 27.1 Å². The molecule has 2 N–H and O–H groups in total. The first-order chi connectivity index (χ1) is 9.86. The van der Waals surface area contributed by atoms with E-state index in [4.69, 9.17) is 9.84 Å². The first kappa shape index (κ1) is 17.0.